The number of imidazole rings is 1. The number of amides is 1. The van der Waals surface area contributed by atoms with Crippen LogP contribution in [0.3, 0.4) is 0 Å². The van der Waals surface area contributed by atoms with Gasteiger partial charge in [-0.05, 0) is 23.8 Å². The van der Waals surface area contributed by atoms with E-state index in [1.54, 1.807) is 19.4 Å². The van der Waals surface area contributed by atoms with Crippen molar-refractivity contribution in [2.24, 2.45) is 0 Å². The summed E-state index contributed by atoms with van der Waals surface area (Å²) in [5.74, 6) is 0.745. The van der Waals surface area contributed by atoms with Gasteiger partial charge in [-0.3, -0.25) is 9.36 Å². The van der Waals surface area contributed by atoms with Crippen molar-refractivity contribution < 1.29 is 9.32 Å². The van der Waals surface area contributed by atoms with Gasteiger partial charge in [-0.1, -0.05) is 23.4 Å². The molecule has 0 unspecified atom stereocenters. The van der Waals surface area contributed by atoms with Crippen molar-refractivity contribution in [2.45, 2.75) is 13.5 Å². The number of pyridine rings is 1. The number of nitrogens with zero attached hydrogens (tertiary/aromatic N) is 5. The van der Waals surface area contributed by atoms with Gasteiger partial charge in [0.25, 0.3) is 11.7 Å². The van der Waals surface area contributed by atoms with Crippen molar-refractivity contribution in [3.8, 4) is 5.82 Å². The van der Waals surface area contributed by atoms with Crippen LogP contribution in [0.1, 0.15) is 22.1 Å². The highest BCUT2D eigenvalue weighted by atomic mass is 16.5. The van der Waals surface area contributed by atoms with Gasteiger partial charge in [0.1, 0.15) is 12.1 Å². The Morgan fingerprint density at radius 1 is 1.20 bits per heavy atom. The van der Waals surface area contributed by atoms with E-state index in [9.17, 15) is 4.79 Å². The van der Waals surface area contributed by atoms with E-state index in [4.69, 9.17) is 4.52 Å². The number of benzene rings is 1. The van der Waals surface area contributed by atoms with Crippen molar-refractivity contribution in [2.75, 3.05) is 0 Å². The second-order valence-corrected chi connectivity index (χ2v) is 5.45. The fourth-order valence-electron chi connectivity index (χ4n) is 2.46. The Morgan fingerprint density at radius 3 is 2.84 bits per heavy atom. The number of hydrogen-bond donors (Lipinski definition) is 1. The van der Waals surface area contributed by atoms with Crippen molar-refractivity contribution in [1.82, 2.24) is 30.0 Å². The summed E-state index contributed by atoms with van der Waals surface area (Å²) in [4.78, 5) is 24.6. The van der Waals surface area contributed by atoms with E-state index in [1.807, 2.05) is 41.0 Å². The summed E-state index contributed by atoms with van der Waals surface area (Å²) in [6.07, 6.45) is 3.46. The fraction of sp³-hybridized carbons (Fsp3) is 0.118. The molecule has 1 aromatic carbocycles. The van der Waals surface area contributed by atoms with E-state index in [0.29, 0.717) is 12.4 Å². The standard InChI is InChI=1S/C17H14N6O2/c1-11-21-16(22-25-11)17(24)19-9-12-6-7-15(18-8-12)23-10-20-13-4-2-3-5-14(13)23/h2-8,10H,9H2,1H3,(H,19,24). The molecule has 8 heteroatoms. The molecule has 1 amide bonds. The first-order valence-corrected chi connectivity index (χ1v) is 7.66. The SMILES string of the molecule is Cc1nc(C(=O)NCc2ccc(-n3cnc4ccccc43)nc2)no1. The van der Waals surface area contributed by atoms with Crippen LogP contribution in [-0.4, -0.2) is 30.6 Å². The van der Waals surface area contributed by atoms with E-state index in [1.165, 1.54) is 0 Å². The largest absolute Gasteiger partial charge is 0.345 e. The minimum Gasteiger partial charge on any atom is -0.345 e. The smallest absolute Gasteiger partial charge is 0.292 e. The second-order valence-electron chi connectivity index (χ2n) is 5.45. The van der Waals surface area contributed by atoms with Crippen LogP contribution in [0.5, 0.6) is 0 Å². The molecule has 0 aliphatic rings. The van der Waals surface area contributed by atoms with Gasteiger partial charge in [0, 0.05) is 19.7 Å². The third kappa shape index (κ3) is 2.97. The molecular weight excluding hydrogens is 320 g/mol. The molecule has 0 spiro atoms. The topological polar surface area (TPSA) is 98.7 Å². The zero-order chi connectivity index (χ0) is 17.2. The number of rotatable bonds is 4. The Labute approximate surface area is 142 Å². The van der Waals surface area contributed by atoms with Gasteiger partial charge in [-0.2, -0.15) is 4.98 Å². The number of aryl methyl sites for hydroxylation is 1. The molecule has 4 aromatic rings. The lowest BCUT2D eigenvalue weighted by Gasteiger charge is -2.06. The van der Waals surface area contributed by atoms with Crippen LogP contribution < -0.4 is 5.32 Å². The predicted molar refractivity (Wildman–Crippen MR) is 89.1 cm³/mol. The Hall–Kier alpha value is -3.55. The van der Waals surface area contributed by atoms with Gasteiger partial charge < -0.3 is 9.84 Å². The Bertz CT molecular complexity index is 1030. The summed E-state index contributed by atoms with van der Waals surface area (Å²) < 4.78 is 6.70. The fourth-order valence-corrected chi connectivity index (χ4v) is 2.46. The molecule has 25 heavy (non-hydrogen) atoms. The summed E-state index contributed by atoms with van der Waals surface area (Å²) >= 11 is 0. The summed E-state index contributed by atoms with van der Waals surface area (Å²) in [6, 6.07) is 11.6. The number of para-hydroxylation sites is 2. The molecule has 124 valence electrons. The number of carbonyl (C=O) groups is 1. The lowest BCUT2D eigenvalue weighted by atomic mass is 10.2. The number of aromatic nitrogens is 5. The Kier molecular flexibility index (Phi) is 3.70. The van der Waals surface area contributed by atoms with Gasteiger partial charge in [0.15, 0.2) is 0 Å². The molecule has 0 radical (unpaired) electrons. The highest BCUT2D eigenvalue weighted by molar-refractivity contribution is 5.90. The summed E-state index contributed by atoms with van der Waals surface area (Å²) in [5.41, 5.74) is 2.77. The normalized spacial score (nSPS) is 10.9. The average molecular weight is 334 g/mol. The first-order valence-electron chi connectivity index (χ1n) is 7.66. The first-order chi connectivity index (χ1) is 12.2. The number of hydrogen-bond acceptors (Lipinski definition) is 6. The zero-order valence-electron chi connectivity index (χ0n) is 13.4. The molecule has 8 nitrogen and oxygen atoms in total. The van der Waals surface area contributed by atoms with Crippen LogP contribution in [-0.2, 0) is 6.54 Å². The van der Waals surface area contributed by atoms with Gasteiger partial charge in [0.2, 0.25) is 5.89 Å². The number of carbonyl (C=O) groups excluding carboxylic acids is 1. The van der Waals surface area contributed by atoms with Crippen LogP contribution in [0.2, 0.25) is 0 Å². The van der Waals surface area contributed by atoms with Crippen molar-refractivity contribution in [1.29, 1.82) is 0 Å². The first kappa shape index (κ1) is 15.0. The molecule has 0 bridgehead atoms. The van der Waals surface area contributed by atoms with E-state index in [0.717, 1.165) is 22.4 Å². The number of nitrogens with one attached hydrogen (secondary N) is 1. The highest BCUT2D eigenvalue weighted by Gasteiger charge is 2.12. The average Bonchev–Trinajstić information content (AvgIpc) is 3.26. The molecule has 0 atom stereocenters. The van der Waals surface area contributed by atoms with E-state index in [-0.39, 0.29) is 11.7 Å². The van der Waals surface area contributed by atoms with E-state index in [2.05, 4.69) is 25.4 Å². The Balaban J connectivity index is 1.48. The van der Waals surface area contributed by atoms with Crippen molar-refractivity contribution in [3.63, 3.8) is 0 Å². The lowest BCUT2D eigenvalue weighted by Crippen LogP contribution is -2.24. The molecule has 3 heterocycles. The van der Waals surface area contributed by atoms with Gasteiger partial charge in [-0.25, -0.2) is 9.97 Å². The van der Waals surface area contributed by atoms with Crippen molar-refractivity contribution in [3.05, 3.63) is 66.2 Å². The minimum atomic E-state index is -0.387. The van der Waals surface area contributed by atoms with E-state index >= 15 is 0 Å². The number of fused-ring (bicyclic) bond motifs is 1. The zero-order valence-corrected chi connectivity index (χ0v) is 13.4. The Morgan fingerprint density at radius 2 is 2.08 bits per heavy atom. The lowest BCUT2D eigenvalue weighted by molar-refractivity contribution is 0.0937. The monoisotopic (exact) mass is 334 g/mol. The molecule has 1 N–H and O–H groups in total. The molecule has 0 fully saturated rings. The molecule has 0 aliphatic carbocycles. The summed E-state index contributed by atoms with van der Waals surface area (Å²) in [5, 5.41) is 6.31. The molecule has 3 aromatic heterocycles. The highest BCUT2D eigenvalue weighted by Crippen LogP contribution is 2.16. The van der Waals surface area contributed by atoms with E-state index < -0.39 is 0 Å². The van der Waals surface area contributed by atoms with Crippen LogP contribution >= 0.6 is 0 Å². The third-order valence-corrected chi connectivity index (χ3v) is 3.69. The summed E-state index contributed by atoms with van der Waals surface area (Å²) in [6.45, 7) is 1.95. The van der Waals surface area contributed by atoms with Crippen LogP contribution in [0.25, 0.3) is 16.9 Å². The van der Waals surface area contributed by atoms with Gasteiger partial charge >= 0.3 is 0 Å². The maximum atomic E-state index is 11.9. The molecular formula is C17H14N6O2. The third-order valence-electron chi connectivity index (χ3n) is 3.69. The predicted octanol–water partition coefficient (Wildman–Crippen LogP) is 2.04. The molecule has 4 rings (SSSR count). The maximum absolute atomic E-state index is 11.9. The molecule has 0 aliphatic heterocycles. The molecule has 0 saturated heterocycles. The maximum Gasteiger partial charge on any atom is 0.292 e. The summed E-state index contributed by atoms with van der Waals surface area (Å²) in [7, 11) is 0. The van der Waals surface area contributed by atoms with Crippen LogP contribution in [0, 0.1) is 6.92 Å². The quantitative estimate of drug-likeness (QED) is 0.613. The molecule has 0 saturated carbocycles. The van der Waals surface area contributed by atoms with Crippen LogP contribution in [0.15, 0.2) is 53.4 Å². The van der Waals surface area contributed by atoms with Gasteiger partial charge in [0.05, 0.1) is 11.0 Å². The van der Waals surface area contributed by atoms with Crippen LogP contribution in [0.4, 0.5) is 0 Å². The van der Waals surface area contributed by atoms with Crippen molar-refractivity contribution >= 4 is 16.9 Å². The minimum absolute atomic E-state index is 0.0203. The second kappa shape index (κ2) is 6.16. The van der Waals surface area contributed by atoms with Gasteiger partial charge in [-0.15, -0.1) is 0 Å².